The van der Waals surface area contributed by atoms with Crippen molar-refractivity contribution < 1.29 is 4.79 Å². The summed E-state index contributed by atoms with van der Waals surface area (Å²) < 4.78 is 1.70. The van der Waals surface area contributed by atoms with E-state index in [1.165, 1.54) is 35.7 Å². The maximum atomic E-state index is 12.5. The van der Waals surface area contributed by atoms with Crippen LogP contribution in [0.4, 0.5) is 0 Å². The molecule has 0 amide bonds. The fourth-order valence-electron chi connectivity index (χ4n) is 2.91. The first kappa shape index (κ1) is 19.3. The number of tetrazole rings is 1. The minimum atomic E-state index is 0.0808. The van der Waals surface area contributed by atoms with Crippen molar-refractivity contribution in [3.8, 4) is 5.69 Å². The van der Waals surface area contributed by atoms with Gasteiger partial charge >= 0.3 is 0 Å². The SMILES string of the molecule is CCCCc1ccc(C(=O)CSc2nnnn2-c2ccc(C)cc2C)cc1. The molecule has 2 aromatic carbocycles. The van der Waals surface area contributed by atoms with Crippen molar-refractivity contribution in [2.24, 2.45) is 0 Å². The van der Waals surface area contributed by atoms with Crippen molar-refractivity contribution >= 4 is 17.5 Å². The number of nitrogens with zero attached hydrogens (tertiary/aromatic N) is 4. The van der Waals surface area contributed by atoms with Crippen molar-refractivity contribution in [2.75, 3.05) is 5.75 Å². The molecular weight excluding hydrogens is 356 g/mol. The molecule has 0 fully saturated rings. The molecule has 0 atom stereocenters. The van der Waals surface area contributed by atoms with Gasteiger partial charge in [0, 0.05) is 5.56 Å². The van der Waals surface area contributed by atoms with Crippen molar-refractivity contribution in [1.82, 2.24) is 20.2 Å². The molecular formula is C21H24N4OS. The fourth-order valence-corrected chi connectivity index (χ4v) is 3.69. The van der Waals surface area contributed by atoms with Gasteiger partial charge in [-0.05, 0) is 54.3 Å². The Kier molecular flexibility index (Phi) is 6.40. The first-order valence-electron chi connectivity index (χ1n) is 9.19. The average molecular weight is 381 g/mol. The number of carbonyl (C=O) groups excluding carboxylic acids is 1. The average Bonchev–Trinajstić information content (AvgIpc) is 3.13. The van der Waals surface area contributed by atoms with Gasteiger partial charge in [0.2, 0.25) is 5.16 Å². The molecule has 0 saturated heterocycles. The molecule has 140 valence electrons. The molecule has 0 spiro atoms. The van der Waals surface area contributed by atoms with Gasteiger partial charge in [0.1, 0.15) is 0 Å². The third kappa shape index (κ3) is 4.83. The van der Waals surface area contributed by atoms with Gasteiger partial charge in [0.15, 0.2) is 5.78 Å². The van der Waals surface area contributed by atoms with Gasteiger partial charge in [0.05, 0.1) is 11.4 Å². The molecule has 0 aliphatic carbocycles. The van der Waals surface area contributed by atoms with E-state index in [0.717, 1.165) is 23.2 Å². The number of rotatable bonds is 8. The number of hydrogen-bond acceptors (Lipinski definition) is 5. The van der Waals surface area contributed by atoms with Crippen molar-refractivity contribution in [2.45, 2.75) is 45.2 Å². The van der Waals surface area contributed by atoms with Crippen LogP contribution in [0, 0.1) is 13.8 Å². The summed E-state index contributed by atoms with van der Waals surface area (Å²) >= 11 is 1.36. The molecule has 0 aliphatic heterocycles. The Labute approximate surface area is 164 Å². The number of benzene rings is 2. The summed E-state index contributed by atoms with van der Waals surface area (Å²) in [5.41, 5.74) is 5.23. The molecule has 0 radical (unpaired) electrons. The van der Waals surface area contributed by atoms with E-state index in [-0.39, 0.29) is 5.78 Å². The Balaban J connectivity index is 1.67. The van der Waals surface area contributed by atoms with Gasteiger partial charge in [0.25, 0.3) is 0 Å². The maximum absolute atomic E-state index is 12.5. The normalized spacial score (nSPS) is 10.9. The number of Topliss-reactive ketones (excluding diaryl/α,β-unsaturated/α-hetero) is 1. The molecule has 0 aliphatic rings. The summed E-state index contributed by atoms with van der Waals surface area (Å²) in [6.45, 7) is 6.27. The molecule has 0 N–H and O–H groups in total. The van der Waals surface area contributed by atoms with Gasteiger partial charge in [-0.15, -0.1) is 5.10 Å². The van der Waals surface area contributed by atoms with Crippen LogP contribution in [0.25, 0.3) is 5.69 Å². The Bertz CT molecular complexity index is 918. The second-order valence-electron chi connectivity index (χ2n) is 6.68. The Morgan fingerprint density at radius 3 is 2.59 bits per heavy atom. The number of aryl methyl sites for hydroxylation is 3. The monoisotopic (exact) mass is 380 g/mol. The topological polar surface area (TPSA) is 60.7 Å². The van der Waals surface area contributed by atoms with Crippen LogP contribution in [0.3, 0.4) is 0 Å². The van der Waals surface area contributed by atoms with E-state index in [9.17, 15) is 4.79 Å². The zero-order valence-corrected chi connectivity index (χ0v) is 16.8. The summed E-state index contributed by atoms with van der Waals surface area (Å²) in [6.07, 6.45) is 3.40. The fraction of sp³-hybridized carbons (Fsp3) is 0.333. The lowest BCUT2D eigenvalue weighted by Gasteiger charge is -2.08. The largest absolute Gasteiger partial charge is 0.293 e. The van der Waals surface area contributed by atoms with Gasteiger partial charge < -0.3 is 0 Å². The smallest absolute Gasteiger partial charge is 0.214 e. The standard InChI is InChI=1S/C21H24N4OS/c1-4-5-6-17-8-10-18(11-9-17)20(26)14-27-21-22-23-24-25(21)19-12-7-15(2)13-16(19)3/h7-13H,4-6,14H2,1-3H3. The van der Waals surface area contributed by atoms with E-state index in [2.05, 4.69) is 35.4 Å². The third-order valence-electron chi connectivity index (χ3n) is 4.45. The molecule has 3 aromatic rings. The zero-order chi connectivity index (χ0) is 19.2. The summed E-state index contributed by atoms with van der Waals surface area (Å²) in [5, 5.41) is 12.6. The highest BCUT2D eigenvalue weighted by Crippen LogP contribution is 2.22. The molecule has 6 heteroatoms. The number of unbranched alkanes of at least 4 members (excludes halogenated alkanes) is 1. The van der Waals surface area contributed by atoms with Gasteiger partial charge in [-0.2, -0.15) is 4.68 Å². The summed E-state index contributed by atoms with van der Waals surface area (Å²) in [4.78, 5) is 12.5. The predicted molar refractivity (Wildman–Crippen MR) is 109 cm³/mol. The first-order valence-corrected chi connectivity index (χ1v) is 10.2. The molecule has 3 rings (SSSR count). The summed E-state index contributed by atoms with van der Waals surface area (Å²) in [6, 6.07) is 14.1. The molecule has 5 nitrogen and oxygen atoms in total. The van der Waals surface area contributed by atoms with E-state index < -0.39 is 0 Å². The molecule has 0 unspecified atom stereocenters. The van der Waals surface area contributed by atoms with E-state index in [0.29, 0.717) is 10.9 Å². The van der Waals surface area contributed by atoms with E-state index in [1.54, 1.807) is 4.68 Å². The van der Waals surface area contributed by atoms with Crippen LogP contribution in [0.15, 0.2) is 47.6 Å². The highest BCUT2D eigenvalue weighted by molar-refractivity contribution is 7.99. The van der Waals surface area contributed by atoms with Crippen LogP contribution in [0.5, 0.6) is 0 Å². The molecule has 0 bridgehead atoms. The van der Waals surface area contributed by atoms with Gasteiger partial charge in [-0.1, -0.05) is 67.1 Å². The number of carbonyl (C=O) groups is 1. The molecule has 0 saturated carbocycles. The number of ketones is 1. The Morgan fingerprint density at radius 2 is 1.89 bits per heavy atom. The lowest BCUT2D eigenvalue weighted by atomic mass is 10.1. The Hall–Kier alpha value is -2.47. The van der Waals surface area contributed by atoms with Crippen molar-refractivity contribution in [3.05, 3.63) is 64.7 Å². The van der Waals surface area contributed by atoms with Crippen LogP contribution < -0.4 is 0 Å². The van der Waals surface area contributed by atoms with Crippen LogP contribution >= 0.6 is 11.8 Å². The van der Waals surface area contributed by atoms with E-state index >= 15 is 0 Å². The quantitative estimate of drug-likeness (QED) is 0.422. The lowest BCUT2D eigenvalue weighted by molar-refractivity contribution is 0.102. The number of hydrogen-bond donors (Lipinski definition) is 0. The first-order chi connectivity index (χ1) is 13.1. The second kappa shape index (κ2) is 8.95. The van der Waals surface area contributed by atoms with E-state index in [1.807, 2.05) is 43.3 Å². The Morgan fingerprint density at radius 1 is 1.11 bits per heavy atom. The highest BCUT2D eigenvalue weighted by atomic mass is 32.2. The second-order valence-corrected chi connectivity index (χ2v) is 7.62. The maximum Gasteiger partial charge on any atom is 0.214 e. The minimum Gasteiger partial charge on any atom is -0.293 e. The summed E-state index contributed by atoms with van der Waals surface area (Å²) in [5.74, 6) is 0.386. The minimum absolute atomic E-state index is 0.0808. The van der Waals surface area contributed by atoms with Gasteiger partial charge in [-0.3, -0.25) is 4.79 Å². The molecule has 27 heavy (non-hydrogen) atoms. The van der Waals surface area contributed by atoms with Crippen molar-refractivity contribution in [3.63, 3.8) is 0 Å². The molecule has 1 heterocycles. The van der Waals surface area contributed by atoms with Crippen molar-refractivity contribution in [1.29, 1.82) is 0 Å². The zero-order valence-electron chi connectivity index (χ0n) is 16.0. The lowest BCUT2D eigenvalue weighted by Crippen LogP contribution is -2.06. The van der Waals surface area contributed by atoms with Gasteiger partial charge in [-0.25, -0.2) is 0 Å². The van der Waals surface area contributed by atoms with Crippen LogP contribution in [-0.4, -0.2) is 31.7 Å². The van der Waals surface area contributed by atoms with Crippen LogP contribution in [-0.2, 0) is 6.42 Å². The molecule has 1 aromatic heterocycles. The number of thioether (sulfide) groups is 1. The highest BCUT2D eigenvalue weighted by Gasteiger charge is 2.14. The van der Waals surface area contributed by atoms with E-state index in [4.69, 9.17) is 0 Å². The van der Waals surface area contributed by atoms with Crippen LogP contribution in [0.2, 0.25) is 0 Å². The predicted octanol–water partition coefficient (Wildman–Crippen LogP) is 4.60. The van der Waals surface area contributed by atoms with Crippen LogP contribution in [0.1, 0.15) is 46.8 Å². The number of aromatic nitrogens is 4. The third-order valence-corrected chi connectivity index (χ3v) is 5.37. The summed E-state index contributed by atoms with van der Waals surface area (Å²) in [7, 11) is 0.